The highest BCUT2D eigenvalue weighted by Crippen LogP contribution is 2.21. The standard InChI is InChI=1S/C22H29F3N4O2/c1-26-21(27-13-16-5-9-19(10-6-16)31-15-22(23,24)25)28-14-20(29(2)3)17-7-11-18(30-4)12-8-17/h5-12,20H,13-15H2,1-4H3,(H2,26,27,28). The fourth-order valence-corrected chi connectivity index (χ4v) is 2.89. The average molecular weight is 438 g/mol. The van der Waals surface area contributed by atoms with E-state index in [0.29, 0.717) is 19.0 Å². The molecule has 0 heterocycles. The van der Waals surface area contributed by atoms with Crippen LogP contribution in [0.15, 0.2) is 53.5 Å². The zero-order chi connectivity index (χ0) is 22.9. The van der Waals surface area contributed by atoms with E-state index in [9.17, 15) is 13.2 Å². The first-order chi connectivity index (χ1) is 14.7. The number of hydrogen-bond donors (Lipinski definition) is 2. The molecule has 6 nitrogen and oxygen atoms in total. The number of likely N-dealkylation sites (N-methyl/N-ethyl adjacent to an activating group) is 1. The number of guanidine groups is 1. The predicted octanol–water partition coefficient (Wildman–Crippen LogP) is 3.60. The van der Waals surface area contributed by atoms with E-state index in [0.717, 1.165) is 16.9 Å². The molecule has 0 saturated heterocycles. The van der Waals surface area contributed by atoms with E-state index in [1.807, 2.05) is 38.4 Å². The highest BCUT2D eigenvalue weighted by Gasteiger charge is 2.28. The molecule has 0 aliphatic rings. The van der Waals surface area contributed by atoms with Crippen molar-refractivity contribution in [1.82, 2.24) is 15.5 Å². The molecule has 0 aliphatic heterocycles. The van der Waals surface area contributed by atoms with Crippen LogP contribution in [0.25, 0.3) is 0 Å². The Morgan fingerprint density at radius 3 is 2.13 bits per heavy atom. The Kier molecular flexibility index (Phi) is 8.99. The predicted molar refractivity (Wildman–Crippen MR) is 116 cm³/mol. The van der Waals surface area contributed by atoms with Crippen LogP contribution in [0, 0.1) is 0 Å². The summed E-state index contributed by atoms with van der Waals surface area (Å²) in [6.07, 6.45) is -4.35. The molecule has 0 aliphatic carbocycles. The number of nitrogens with zero attached hydrogens (tertiary/aromatic N) is 2. The Balaban J connectivity index is 1.88. The number of alkyl halides is 3. The molecule has 0 spiro atoms. The molecule has 2 aromatic rings. The fraction of sp³-hybridized carbons (Fsp3) is 0.409. The Bertz CT molecular complexity index is 822. The SMILES string of the molecule is CN=C(NCc1ccc(OCC(F)(F)F)cc1)NCC(c1ccc(OC)cc1)N(C)C. The summed E-state index contributed by atoms with van der Waals surface area (Å²) in [6, 6.07) is 14.5. The minimum Gasteiger partial charge on any atom is -0.497 e. The largest absolute Gasteiger partial charge is 0.497 e. The van der Waals surface area contributed by atoms with Crippen molar-refractivity contribution >= 4 is 5.96 Å². The second-order valence-corrected chi connectivity index (χ2v) is 7.11. The van der Waals surface area contributed by atoms with Gasteiger partial charge in [0.25, 0.3) is 0 Å². The van der Waals surface area contributed by atoms with Crippen LogP contribution in [-0.2, 0) is 6.54 Å². The van der Waals surface area contributed by atoms with E-state index in [2.05, 4.69) is 20.5 Å². The monoisotopic (exact) mass is 438 g/mol. The van der Waals surface area contributed by atoms with Gasteiger partial charge in [0.1, 0.15) is 11.5 Å². The molecule has 2 N–H and O–H groups in total. The van der Waals surface area contributed by atoms with Crippen molar-refractivity contribution in [2.45, 2.75) is 18.8 Å². The minimum absolute atomic E-state index is 0.120. The summed E-state index contributed by atoms with van der Waals surface area (Å²) in [7, 11) is 7.34. The lowest BCUT2D eigenvalue weighted by Gasteiger charge is -2.26. The number of ether oxygens (including phenoxy) is 2. The van der Waals surface area contributed by atoms with Crippen LogP contribution in [-0.4, -0.2) is 58.4 Å². The minimum atomic E-state index is -4.35. The van der Waals surface area contributed by atoms with Gasteiger partial charge in [-0.1, -0.05) is 24.3 Å². The maximum absolute atomic E-state index is 12.2. The Morgan fingerprint density at radius 1 is 1.00 bits per heavy atom. The molecule has 0 bridgehead atoms. The van der Waals surface area contributed by atoms with Crippen LogP contribution in [0.4, 0.5) is 13.2 Å². The van der Waals surface area contributed by atoms with Crippen LogP contribution in [0.1, 0.15) is 17.2 Å². The lowest BCUT2D eigenvalue weighted by molar-refractivity contribution is -0.153. The van der Waals surface area contributed by atoms with Crippen molar-refractivity contribution in [1.29, 1.82) is 0 Å². The van der Waals surface area contributed by atoms with E-state index >= 15 is 0 Å². The molecule has 1 unspecified atom stereocenters. The number of methoxy groups -OCH3 is 1. The molecule has 0 aromatic heterocycles. The quantitative estimate of drug-likeness (QED) is 0.463. The number of hydrogen-bond acceptors (Lipinski definition) is 4. The first-order valence-electron chi connectivity index (χ1n) is 9.75. The number of aliphatic imine (C=N–C) groups is 1. The van der Waals surface area contributed by atoms with Crippen LogP contribution in [0.5, 0.6) is 11.5 Å². The smallest absolute Gasteiger partial charge is 0.422 e. The van der Waals surface area contributed by atoms with Crippen LogP contribution < -0.4 is 20.1 Å². The topological polar surface area (TPSA) is 58.1 Å². The zero-order valence-electron chi connectivity index (χ0n) is 18.2. The molecule has 31 heavy (non-hydrogen) atoms. The molecule has 9 heteroatoms. The molecule has 2 aromatic carbocycles. The summed E-state index contributed by atoms with van der Waals surface area (Å²) >= 11 is 0. The lowest BCUT2D eigenvalue weighted by atomic mass is 10.1. The van der Waals surface area contributed by atoms with Crippen molar-refractivity contribution in [2.75, 3.05) is 41.4 Å². The van der Waals surface area contributed by atoms with Crippen LogP contribution in [0.3, 0.4) is 0 Å². The van der Waals surface area contributed by atoms with Crippen molar-refractivity contribution in [3.63, 3.8) is 0 Å². The third kappa shape index (κ3) is 8.37. The zero-order valence-corrected chi connectivity index (χ0v) is 18.2. The van der Waals surface area contributed by atoms with Crippen molar-refractivity contribution in [2.24, 2.45) is 4.99 Å². The first kappa shape index (κ1) is 24.3. The highest BCUT2D eigenvalue weighted by molar-refractivity contribution is 5.79. The second kappa shape index (κ2) is 11.5. The molecule has 0 radical (unpaired) electrons. The summed E-state index contributed by atoms with van der Waals surface area (Å²) in [6.45, 7) is -0.208. The van der Waals surface area contributed by atoms with E-state index in [1.54, 1.807) is 26.3 Å². The number of nitrogens with one attached hydrogen (secondary N) is 2. The van der Waals surface area contributed by atoms with Gasteiger partial charge in [0.15, 0.2) is 12.6 Å². The van der Waals surface area contributed by atoms with Gasteiger partial charge >= 0.3 is 6.18 Å². The van der Waals surface area contributed by atoms with Gasteiger partial charge < -0.3 is 25.0 Å². The van der Waals surface area contributed by atoms with Gasteiger partial charge in [-0.2, -0.15) is 13.2 Å². The Morgan fingerprint density at radius 2 is 1.61 bits per heavy atom. The van der Waals surface area contributed by atoms with Crippen molar-refractivity contribution in [3.8, 4) is 11.5 Å². The van der Waals surface area contributed by atoms with Gasteiger partial charge in [0.05, 0.1) is 13.2 Å². The number of halogens is 3. The molecular weight excluding hydrogens is 409 g/mol. The Hall–Kier alpha value is -2.94. The maximum Gasteiger partial charge on any atom is 0.422 e. The third-order valence-electron chi connectivity index (χ3n) is 4.60. The summed E-state index contributed by atoms with van der Waals surface area (Å²) in [5.41, 5.74) is 2.03. The number of benzene rings is 2. The summed E-state index contributed by atoms with van der Waals surface area (Å²) in [5.74, 6) is 1.61. The van der Waals surface area contributed by atoms with E-state index in [1.165, 1.54) is 12.1 Å². The van der Waals surface area contributed by atoms with Gasteiger partial charge in [-0.3, -0.25) is 4.99 Å². The fourth-order valence-electron chi connectivity index (χ4n) is 2.89. The summed E-state index contributed by atoms with van der Waals surface area (Å²) in [4.78, 5) is 6.35. The summed E-state index contributed by atoms with van der Waals surface area (Å²) < 4.78 is 46.6. The van der Waals surface area contributed by atoms with Crippen LogP contribution >= 0.6 is 0 Å². The Labute approximate surface area is 181 Å². The van der Waals surface area contributed by atoms with Gasteiger partial charge in [0.2, 0.25) is 0 Å². The van der Waals surface area contributed by atoms with Gasteiger partial charge in [-0.05, 0) is 49.5 Å². The normalized spacial score (nSPS) is 13.1. The average Bonchev–Trinajstić information content (AvgIpc) is 2.75. The van der Waals surface area contributed by atoms with E-state index < -0.39 is 12.8 Å². The van der Waals surface area contributed by atoms with Gasteiger partial charge in [0, 0.05) is 20.1 Å². The molecule has 1 atom stereocenters. The maximum atomic E-state index is 12.2. The van der Waals surface area contributed by atoms with E-state index in [4.69, 9.17) is 9.47 Å². The van der Waals surface area contributed by atoms with Crippen molar-refractivity contribution < 1.29 is 22.6 Å². The van der Waals surface area contributed by atoms with Crippen LogP contribution in [0.2, 0.25) is 0 Å². The molecule has 170 valence electrons. The van der Waals surface area contributed by atoms with E-state index in [-0.39, 0.29) is 11.8 Å². The third-order valence-corrected chi connectivity index (χ3v) is 4.60. The molecule has 2 rings (SSSR count). The van der Waals surface area contributed by atoms with Crippen molar-refractivity contribution in [3.05, 3.63) is 59.7 Å². The second-order valence-electron chi connectivity index (χ2n) is 7.11. The van der Waals surface area contributed by atoms with Gasteiger partial charge in [-0.15, -0.1) is 0 Å². The number of rotatable bonds is 9. The van der Waals surface area contributed by atoms with Gasteiger partial charge in [-0.25, -0.2) is 0 Å². The summed E-state index contributed by atoms with van der Waals surface area (Å²) in [5, 5.41) is 6.52. The highest BCUT2D eigenvalue weighted by atomic mass is 19.4. The molecule has 0 saturated carbocycles. The first-order valence-corrected chi connectivity index (χ1v) is 9.75. The lowest BCUT2D eigenvalue weighted by Crippen LogP contribution is -2.41. The molecular formula is C22H29F3N4O2. The molecule has 0 amide bonds. The molecule has 0 fully saturated rings.